The molecule has 110 valence electrons. The molecule has 2 nitrogen and oxygen atoms in total. The molecule has 3 rings (SSSR count). The summed E-state index contributed by atoms with van der Waals surface area (Å²) in [6, 6.07) is 2.72. The predicted octanol–water partition coefficient (Wildman–Crippen LogP) is 3.72. The normalized spacial score (nSPS) is 36.9. The Bertz CT molecular complexity index is 531. The van der Waals surface area contributed by atoms with Crippen LogP contribution in [0.2, 0.25) is 0 Å². The number of benzene rings is 1. The van der Waals surface area contributed by atoms with E-state index in [1.54, 1.807) is 0 Å². The maximum absolute atomic E-state index is 14.0. The highest BCUT2D eigenvalue weighted by Crippen LogP contribution is 2.55. The van der Waals surface area contributed by atoms with Gasteiger partial charge in [0.25, 0.3) is 0 Å². The van der Waals surface area contributed by atoms with E-state index >= 15 is 0 Å². The third kappa shape index (κ3) is 1.93. The molecule has 0 bridgehead atoms. The zero-order valence-corrected chi connectivity index (χ0v) is 11.6. The Labute approximate surface area is 117 Å². The predicted molar refractivity (Wildman–Crippen MR) is 71.5 cm³/mol. The van der Waals surface area contributed by atoms with Gasteiger partial charge in [0.2, 0.25) is 5.82 Å². The van der Waals surface area contributed by atoms with Crippen LogP contribution in [-0.4, -0.2) is 16.3 Å². The van der Waals surface area contributed by atoms with Gasteiger partial charge in [-0.1, -0.05) is 13.0 Å². The lowest BCUT2D eigenvalue weighted by atomic mass is 9.64. The van der Waals surface area contributed by atoms with E-state index in [-0.39, 0.29) is 17.4 Å². The Balaban J connectivity index is 1.86. The zero-order chi connectivity index (χ0) is 14.5. The SMILES string of the molecule is C[C@]12CC[C@@H](c3ccc(O)c(F)c3F)C[C@H]1CC[C@@H]2O. The van der Waals surface area contributed by atoms with Crippen LogP contribution in [0.15, 0.2) is 12.1 Å². The first-order chi connectivity index (χ1) is 9.43. The van der Waals surface area contributed by atoms with Gasteiger partial charge < -0.3 is 10.2 Å². The molecule has 0 unspecified atom stereocenters. The van der Waals surface area contributed by atoms with E-state index in [2.05, 4.69) is 6.92 Å². The highest BCUT2D eigenvalue weighted by atomic mass is 19.2. The van der Waals surface area contributed by atoms with Crippen molar-refractivity contribution in [3.8, 4) is 5.75 Å². The molecule has 2 N–H and O–H groups in total. The molecular formula is C16H20F2O2. The quantitative estimate of drug-likeness (QED) is 0.824. The van der Waals surface area contributed by atoms with Crippen LogP contribution < -0.4 is 0 Å². The van der Waals surface area contributed by atoms with Gasteiger partial charge in [-0.3, -0.25) is 0 Å². The monoisotopic (exact) mass is 282 g/mol. The van der Waals surface area contributed by atoms with Crippen molar-refractivity contribution in [2.45, 2.75) is 51.0 Å². The third-order valence-electron chi connectivity index (χ3n) is 5.61. The number of phenols is 1. The Hall–Kier alpha value is -1.16. The van der Waals surface area contributed by atoms with Crippen molar-refractivity contribution < 1.29 is 19.0 Å². The Morgan fingerprint density at radius 2 is 1.90 bits per heavy atom. The molecule has 2 aliphatic rings. The van der Waals surface area contributed by atoms with Crippen LogP contribution in [0.25, 0.3) is 0 Å². The lowest BCUT2D eigenvalue weighted by Gasteiger charge is -2.42. The number of aliphatic hydroxyl groups excluding tert-OH is 1. The lowest BCUT2D eigenvalue weighted by molar-refractivity contribution is 0.00839. The van der Waals surface area contributed by atoms with Gasteiger partial charge in [0.1, 0.15) is 0 Å². The molecular weight excluding hydrogens is 262 g/mol. The fourth-order valence-electron chi connectivity index (χ4n) is 4.15. The van der Waals surface area contributed by atoms with Gasteiger partial charge in [-0.15, -0.1) is 0 Å². The maximum Gasteiger partial charge on any atom is 0.200 e. The van der Waals surface area contributed by atoms with Crippen molar-refractivity contribution in [3.63, 3.8) is 0 Å². The Kier molecular flexibility index (Phi) is 3.24. The minimum absolute atomic E-state index is 0.0199. The zero-order valence-electron chi connectivity index (χ0n) is 11.6. The largest absolute Gasteiger partial charge is 0.505 e. The van der Waals surface area contributed by atoms with Crippen molar-refractivity contribution in [3.05, 3.63) is 29.3 Å². The van der Waals surface area contributed by atoms with Crippen LogP contribution in [0.4, 0.5) is 8.78 Å². The number of aliphatic hydroxyl groups is 1. The minimum Gasteiger partial charge on any atom is -0.505 e. The summed E-state index contributed by atoms with van der Waals surface area (Å²) in [7, 11) is 0. The second-order valence-electron chi connectivity index (χ2n) is 6.57. The van der Waals surface area contributed by atoms with E-state index in [0.717, 1.165) is 32.1 Å². The Morgan fingerprint density at radius 3 is 2.65 bits per heavy atom. The number of aromatic hydroxyl groups is 1. The van der Waals surface area contributed by atoms with Crippen LogP contribution >= 0.6 is 0 Å². The fraction of sp³-hybridized carbons (Fsp3) is 0.625. The molecule has 4 heteroatoms. The molecule has 2 fully saturated rings. The number of phenolic OH excluding ortho intramolecular Hbond substituents is 1. The second kappa shape index (κ2) is 4.69. The first kappa shape index (κ1) is 13.8. The van der Waals surface area contributed by atoms with Gasteiger partial charge in [0, 0.05) is 0 Å². The van der Waals surface area contributed by atoms with Gasteiger partial charge in [0.15, 0.2) is 11.6 Å². The van der Waals surface area contributed by atoms with Gasteiger partial charge in [0.05, 0.1) is 6.10 Å². The summed E-state index contributed by atoms with van der Waals surface area (Å²) in [5.74, 6) is -2.36. The highest BCUT2D eigenvalue weighted by Gasteiger charge is 2.49. The van der Waals surface area contributed by atoms with Crippen molar-refractivity contribution in [2.24, 2.45) is 11.3 Å². The molecule has 2 aliphatic carbocycles. The summed E-state index contributed by atoms with van der Waals surface area (Å²) in [6.45, 7) is 2.11. The minimum atomic E-state index is -1.15. The average Bonchev–Trinajstić information content (AvgIpc) is 2.72. The number of halogens is 2. The lowest BCUT2D eigenvalue weighted by Crippen LogP contribution is -2.37. The molecule has 4 atom stereocenters. The van der Waals surface area contributed by atoms with Gasteiger partial charge in [-0.25, -0.2) is 4.39 Å². The van der Waals surface area contributed by atoms with Crippen molar-refractivity contribution in [1.29, 1.82) is 0 Å². The summed E-state index contributed by atoms with van der Waals surface area (Å²) >= 11 is 0. The van der Waals surface area contributed by atoms with E-state index in [4.69, 9.17) is 0 Å². The highest BCUT2D eigenvalue weighted by molar-refractivity contribution is 5.32. The number of fused-ring (bicyclic) bond motifs is 1. The molecule has 0 spiro atoms. The smallest absolute Gasteiger partial charge is 0.200 e. The molecule has 2 saturated carbocycles. The molecule has 0 aromatic heterocycles. The van der Waals surface area contributed by atoms with Gasteiger partial charge in [-0.05, 0) is 61.0 Å². The van der Waals surface area contributed by atoms with Gasteiger partial charge in [-0.2, -0.15) is 4.39 Å². The standard InChI is InChI=1S/C16H20F2O2/c1-16-7-6-9(8-10(16)2-5-13(16)20)11-3-4-12(19)15(18)14(11)17/h3-4,9-10,13,19-20H,2,5-8H2,1H3/t9-,10-,13+,16+/m1/s1. The first-order valence-electron chi connectivity index (χ1n) is 7.28. The van der Waals surface area contributed by atoms with Crippen LogP contribution in [0.5, 0.6) is 5.75 Å². The van der Waals surface area contributed by atoms with Crippen molar-refractivity contribution in [2.75, 3.05) is 0 Å². The Morgan fingerprint density at radius 1 is 1.15 bits per heavy atom. The second-order valence-corrected chi connectivity index (χ2v) is 6.57. The van der Waals surface area contributed by atoms with Crippen molar-refractivity contribution in [1.82, 2.24) is 0 Å². The molecule has 0 amide bonds. The van der Waals surface area contributed by atoms with Crippen LogP contribution in [0, 0.1) is 23.0 Å². The molecule has 0 saturated heterocycles. The maximum atomic E-state index is 14.0. The molecule has 1 aromatic rings. The molecule has 1 aromatic carbocycles. The van der Waals surface area contributed by atoms with E-state index in [0.29, 0.717) is 11.5 Å². The number of hydrogen-bond donors (Lipinski definition) is 2. The van der Waals surface area contributed by atoms with Gasteiger partial charge >= 0.3 is 0 Å². The fourth-order valence-corrected chi connectivity index (χ4v) is 4.15. The van der Waals surface area contributed by atoms with E-state index in [1.807, 2.05) is 0 Å². The van der Waals surface area contributed by atoms with Crippen LogP contribution in [-0.2, 0) is 0 Å². The summed E-state index contributed by atoms with van der Waals surface area (Å²) in [4.78, 5) is 0. The van der Waals surface area contributed by atoms with E-state index < -0.39 is 17.4 Å². The van der Waals surface area contributed by atoms with Crippen LogP contribution in [0.1, 0.15) is 50.5 Å². The molecule has 20 heavy (non-hydrogen) atoms. The molecule has 0 heterocycles. The topological polar surface area (TPSA) is 40.5 Å². The molecule has 0 aliphatic heterocycles. The average molecular weight is 282 g/mol. The third-order valence-corrected chi connectivity index (χ3v) is 5.61. The van der Waals surface area contributed by atoms with E-state index in [1.165, 1.54) is 12.1 Å². The molecule has 0 radical (unpaired) electrons. The number of hydrogen-bond acceptors (Lipinski definition) is 2. The van der Waals surface area contributed by atoms with E-state index in [9.17, 15) is 19.0 Å². The summed E-state index contributed by atoms with van der Waals surface area (Å²) < 4.78 is 27.5. The first-order valence-corrected chi connectivity index (χ1v) is 7.28. The van der Waals surface area contributed by atoms with Crippen LogP contribution in [0.3, 0.4) is 0 Å². The summed E-state index contributed by atoms with van der Waals surface area (Å²) in [6.07, 6.45) is 3.87. The van der Waals surface area contributed by atoms with Crippen molar-refractivity contribution >= 4 is 0 Å². The number of rotatable bonds is 1. The summed E-state index contributed by atoms with van der Waals surface area (Å²) in [5, 5.41) is 19.3. The summed E-state index contributed by atoms with van der Waals surface area (Å²) in [5.41, 5.74) is 0.298.